The Morgan fingerprint density at radius 1 is 1.13 bits per heavy atom. The lowest BCUT2D eigenvalue weighted by atomic mass is 10.1. The molecule has 7 nitrogen and oxygen atoms in total. The van der Waals surface area contributed by atoms with Gasteiger partial charge in [0.25, 0.3) is 0 Å². The SMILES string of the molecule is O=C(NCc1ccc(-n2cccn2)cc1)Nc1cccc(COCC2CCCCO2)c1. The first-order valence-corrected chi connectivity index (χ1v) is 10.7. The molecule has 1 unspecified atom stereocenters. The third kappa shape index (κ3) is 6.41. The minimum absolute atomic E-state index is 0.203. The van der Waals surface area contributed by atoms with Crippen molar-refractivity contribution in [1.82, 2.24) is 15.1 Å². The van der Waals surface area contributed by atoms with Crippen molar-refractivity contribution >= 4 is 11.7 Å². The van der Waals surface area contributed by atoms with E-state index < -0.39 is 0 Å². The Labute approximate surface area is 182 Å². The number of anilines is 1. The summed E-state index contributed by atoms with van der Waals surface area (Å²) in [7, 11) is 0. The fourth-order valence-corrected chi connectivity index (χ4v) is 3.53. The second kappa shape index (κ2) is 10.7. The first-order valence-electron chi connectivity index (χ1n) is 10.7. The number of amides is 2. The lowest BCUT2D eigenvalue weighted by molar-refractivity contribution is -0.0447. The van der Waals surface area contributed by atoms with Crippen LogP contribution in [0, 0.1) is 0 Å². The lowest BCUT2D eigenvalue weighted by Gasteiger charge is -2.22. The van der Waals surface area contributed by atoms with E-state index in [0.29, 0.717) is 19.8 Å². The summed E-state index contributed by atoms with van der Waals surface area (Å²) < 4.78 is 13.3. The van der Waals surface area contributed by atoms with E-state index in [1.165, 1.54) is 6.42 Å². The quantitative estimate of drug-likeness (QED) is 0.570. The summed E-state index contributed by atoms with van der Waals surface area (Å²) in [5, 5.41) is 9.98. The fourth-order valence-electron chi connectivity index (χ4n) is 3.53. The maximum Gasteiger partial charge on any atom is 0.319 e. The molecule has 0 saturated carbocycles. The highest BCUT2D eigenvalue weighted by molar-refractivity contribution is 5.89. The van der Waals surface area contributed by atoms with Crippen LogP contribution in [0.1, 0.15) is 30.4 Å². The van der Waals surface area contributed by atoms with Crippen LogP contribution in [0.5, 0.6) is 0 Å². The van der Waals surface area contributed by atoms with Crippen LogP contribution in [-0.4, -0.2) is 35.1 Å². The van der Waals surface area contributed by atoms with Crippen LogP contribution in [0.3, 0.4) is 0 Å². The topological polar surface area (TPSA) is 77.4 Å². The molecule has 1 saturated heterocycles. The Kier molecular flexibility index (Phi) is 7.31. The number of benzene rings is 2. The summed E-state index contributed by atoms with van der Waals surface area (Å²) in [6.07, 6.45) is 7.25. The van der Waals surface area contributed by atoms with Crippen LogP contribution in [0.2, 0.25) is 0 Å². The van der Waals surface area contributed by atoms with E-state index in [4.69, 9.17) is 9.47 Å². The molecular formula is C24H28N4O3. The molecule has 31 heavy (non-hydrogen) atoms. The number of ether oxygens (including phenoxy) is 2. The van der Waals surface area contributed by atoms with Crippen molar-refractivity contribution in [2.45, 2.75) is 38.5 Å². The van der Waals surface area contributed by atoms with Crippen LogP contribution in [0.15, 0.2) is 67.0 Å². The molecule has 2 amide bonds. The number of aromatic nitrogens is 2. The van der Waals surface area contributed by atoms with Crippen LogP contribution in [0.4, 0.5) is 10.5 Å². The molecule has 0 bridgehead atoms. The number of hydrogen-bond acceptors (Lipinski definition) is 4. The van der Waals surface area contributed by atoms with E-state index in [2.05, 4.69) is 15.7 Å². The lowest BCUT2D eigenvalue weighted by Crippen LogP contribution is -2.28. The van der Waals surface area contributed by atoms with Crippen molar-refractivity contribution in [2.24, 2.45) is 0 Å². The molecule has 0 spiro atoms. The number of carbonyl (C=O) groups excluding carboxylic acids is 1. The largest absolute Gasteiger partial charge is 0.376 e. The minimum atomic E-state index is -0.246. The number of rotatable bonds is 8. The monoisotopic (exact) mass is 420 g/mol. The number of hydrogen-bond donors (Lipinski definition) is 2. The molecule has 1 aromatic heterocycles. The van der Waals surface area contributed by atoms with E-state index in [9.17, 15) is 4.79 Å². The minimum Gasteiger partial charge on any atom is -0.376 e. The highest BCUT2D eigenvalue weighted by atomic mass is 16.5. The van der Waals surface area contributed by atoms with Crippen molar-refractivity contribution in [3.05, 3.63) is 78.1 Å². The van der Waals surface area contributed by atoms with Crippen LogP contribution in [0.25, 0.3) is 5.69 Å². The van der Waals surface area contributed by atoms with Gasteiger partial charge in [-0.1, -0.05) is 24.3 Å². The van der Waals surface area contributed by atoms with Crippen molar-refractivity contribution in [3.8, 4) is 5.69 Å². The Balaban J connectivity index is 1.21. The van der Waals surface area contributed by atoms with Gasteiger partial charge in [-0.2, -0.15) is 5.10 Å². The van der Waals surface area contributed by atoms with Crippen LogP contribution >= 0.6 is 0 Å². The zero-order valence-electron chi connectivity index (χ0n) is 17.5. The molecule has 2 N–H and O–H groups in total. The van der Waals surface area contributed by atoms with E-state index in [1.807, 2.05) is 60.8 Å². The highest BCUT2D eigenvalue weighted by Gasteiger charge is 2.13. The third-order valence-corrected chi connectivity index (χ3v) is 5.19. The molecule has 7 heteroatoms. The van der Waals surface area contributed by atoms with Gasteiger partial charge in [0.2, 0.25) is 0 Å². The second-order valence-electron chi connectivity index (χ2n) is 7.63. The van der Waals surface area contributed by atoms with Crippen molar-refractivity contribution in [3.63, 3.8) is 0 Å². The van der Waals surface area contributed by atoms with E-state index in [0.717, 1.165) is 42.0 Å². The predicted octanol–water partition coefficient (Wildman–Crippen LogP) is 4.28. The van der Waals surface area contributed by atoms with E-state index >= 15 is 0 Å². The standard InChI is InChI=1S/C24H28N4O3/c29-24(25-16-19-8-10-22(11-9-19)28-13-4-12-26-28)27-21-6-3-5-20(15-21)17-30-18-23-7-1-2-14-31-23/h3-6,8-13,15,23H,1-2,7,14,16-18H2,(H2,25,27,29). The molecule has 3 aromatic rings. The summed E-state index contributed by atoms with van der Waals surface area (Å²) >= 11 is 0. The molecule has 2 heterocycles. The Bertz CT molecular complexity index is 951. The Morgan fingerprint density at radius 3 is 2.81 bits per heavy atom. The van der Waals surface area contributed by atoms with Gasteiger partial charge < -0.3 is 20.1 Å². The third-order valence-electron chi connectivity index (χ3n) is 5.19. The molecule has 0 radical (unpaired) electrons. The number of nitrogens with one attached hydrogen (secondary N) is 2. The first kappa shape index (κ1) is 21.1. The average Bonchev–Trinajstić information content (AvgIpc) is 3.34. The summed E-state index contributed by atoms with van der Waals surface area (Å²) in [6.45, 7) is 2.38. The van der Waals surface area contributed by atoms with Gasteiger partial charge >= 0.3 is 6.03 Å². The van der Waals surface area contributed by atoms with Gasteiger partial charge in [-0.05, 0) is 60.7 Å². The zero-order chi connectivity index (χ0) is 21.3. The smallest absolute Gasteiger partial charge is 0.319 e. The molecule has 1 aliphatic rings. The number of urea groups is 1. The van der Waals surface area contributed by atoms with Gasteiger partial charge in [0.05, 0.1) is 25.0 Å². The summed E-state index contributed by atoms with van der Waals surface area (Å²) in [5.41, 5.74) is 3.75. The molecule has 162 valence electrons. The summed E-state index contributed by atoms with van der Waals surface area (Å²) in [6, 6.07) is 17.2. The molecule has 4 rings (SSSR count). The molecular weight excluding hydrogens is 392 g/mol. The summed E-state index contributed by atoms with van der Waals surface area (Å²) in [4.78, 5) is 12.3. The Morgan fingerprint density at radius 2 is 2.03 bits per heavy atom. The molecule has 2 aromatic carbocycles. The van der Waals surface area contributed by atoms with Crippen molar-refractivity contribution < 1.29 is 14.3 Å². The average molecular weight is 421 g/mol. The molecule has 1 atom stereocenters. The van der Waals surface area contributed by atoms with Gasteiger partial charge in [-0.15, -0.1) is 0 Å². The van der Waals surface area contributed by atoms with Crippen molar-refractivity contribution in [2.75, 3.05) is 18.5 Å². The molecule has 0 aliphatic carbocycles. The van der Waals surface area contributed by atoms with Gasteiger partial charge in [0.15, 0.2) is 0 Å². The summed E-state index contributed by atoms with van der Waals surface area (Å²) in [5.74, 6) is 0. The predicted molar refractivity (Wildman–Crippen MR) is 119 cm³/mol. The van der Waals surface area contributed by atoms with Gasteiger partial charge in [0.1, 0.15) is 0 Å². The molecule has 1 fully saturated rings. The highest BCUT2D eigenvalue weighted by Crippen LogP contribution is 2.15. The molecule has 1 aliphatic heterocycles. The maximum atomic E-state index is 12.3. The number of nitrogens with zero attached hydrogens (tertiary/aromatic N) is 2. The first-order chi connectivity index (χ1) is 15.3. The fraction of sp³-hybridized carbons (Fsp3) is 0.333. The van der Waals surface area contributed by atoms with Gasteiger partial charge in [-0.3, -0.25) is 0 Å². The van der Waals surface area contributed by atoms with E-state index in [1.54, 1.807) is 10.9 Å². The van der Waals surface area contributed by atoms with Gasteiger partial charge in [0, 0.05) is 31.2 Å². The second-order valence-corrected chi connectivity index (χ2v) is 7.63. The van der Waals surface area contributed by atoms with Crippen molar-refractivity contribution in [1.29, 1.82) is 0 Å². The van der Waals surface area contributed by atoms with Gasteiger partial charge in [-0.25, -0.2) is 9.48 Å². The van der Waals surface area contributed by atoms with E-state index in [-0.39, 0.29) is 12.1 Å². The maximum absolute atomic E-state index is 12.3. The zero-order valence-corrected chi connectivity index (χ0v) is 17.5. The Hall–Kier alpha value is -3.16. The normalized spacial score (nSPS) is 16.1. The van der Waals surface area contributed by atoms with Crippen LogP contribution in [-0.2, 0) is 22.6 Å². The number of carbonyl (C=O) groups is 1. The van der Waals surface area contributed by atoms with Crippen LogP contribution < -0.4 is 10.6 Å².